The molecule has 0 fully saturated rings. The molecule has 1 rings (SSSR count). The van der Waals surface area contributed by atoms with Gasteiger partial charge in [0.05, 0.1) is 0 Å². The standard InChI is InChI=1S/C10H14OS/c1-9(7-11)8-12-10-5-3-2-4-6-10/h2-6,9,11H,7-8H2,1H3/t9-/m1/s1. The van der Waals surface area contributed by atoms with Gasteiger partial charge in [0.2, 0.25) is 0 Å². The van der Waals surface area contributed by atoms with Crippen molar-refractivity contribution in [2.24, 2.45) is 5.92 Å². The van der Waals surface area contributed by atoms with Gasteiger partial charge in [-0.05, 0) is 18.1 Å². The van der Waals surface area contributed by atoms with Crippen molar-refractivity contribution in [3.8, 4) is 0 Å². The van der Waals surface area contributed by atoms with Crippen molar-refractivity contribution in [2.45, 2.75) is 11.8 Å². The van der Waals surface area contributed by atoms with Gasteiger partial charge in [-0.1, -0.05) is 25.1 Å². The van der Waals surface area contributed by atoms with E-state index in [4.69, 9.17) is 5.11 Å². The zero-order chi connectivity index (χ0) is 8.81. The van der Waals surface area contributed by atoms with E-state index in [1.165, 1.54) is 4.90 Å². The highest BCUT2D eigenvalue weighted by molar-refractivity contribution is 7.99. The second-order valence-electron chi connectivity index (χ2n) is 2.91. The summed E-state index contributed by atoms with van der Waals surface area (Å²) in [6.45, 7) is 2.33. The molecule has 1 aromatic rings. The quantitative estimate of drug-likeness (QED) is 0.722. The Hall–Kier alpha value is -0.470. The third kappa shape index (κ3) is 3.28. The van der Waals surface area contributed by atoms with Crippen LogP contribution >= 0.6 is 11.8 Å². The Morgan fingerprint density at radius 2 is 2.00 bits per heavy atom. The van der Waals surface area contributed by atoms with E-state index in [2.05, 4.69) is 19.1 Å². The van der Waals surface area contributed by atoms with Gasteiger partial charge >= 0.3 is 0 Å². The normalized spacial score (nSPS) is 12.8. The lowest BCUT2D eigenvalue weighted by atomic mass is 10.2. The maximum Gasteiger partial charge on any atom is 0.0464 e. The van der Waals surface area contributed by atoms with Crippen LogP contribution in [0.1, 0.15) is 6.92 Å². The van der Waals surface area contributed by atoms with Crippen molar-refractivity contribution in [1.29, 1.82) is 0 Å². The maximum atomic E-state index is 8.80. The van der Waals surface area contributed by atoms with Gasteiger partial charge in [-0.3, -0.25) is 0 Å². The molecule has 1 atom stereocenters. The average Bonchev–Trinajstić information content (AvgIpc) is 2.16. The molecular weight excluding hydrogens is 168 g/mol. The van der Waals surface area contributed by atoms with Crippen LogP contribution < -0.4 is 0 Å². The first-order valence-electron chi connectivity index (χ1n) is 4.11. The molecule has 1 aromatic carbocycles. The highest BCUT2D eigenvalue weighted by Crippen LogP contribution is 2.19. The summed E-state index contributed by atoms with van der Waals surface area (Å²) < 4.78 is 0. The summed E-state index contributed by atoms with van der Waals surface area (Å²) in [5.41, 5.74) is 0. The van der Waals surface area contributed by atoms with Crippen LogP contribution in [-0.2, 0) is 0 Å². The van der Waals surface area contributed by atoms with Crippen LogP contribution in [0.25, 0.3) is 0 Å². The van der Waals surface area contributed by atoms with Gasteiger partial charge in [-0.25, -0.2) is 0 Å². The Balaban J connectivity index is 2.33. The zero-order valence-electron chi connectivity index (χ0n) is 7.23. The van der Waals surface area contributed by atoms with Crippen molar-refractivity contribution in [1.82, 2.24) is 0 Å². The Kier molecular flexibility index (Phi) is 4.19. The fourth-order valence-electron chi connectivity index (χ4n) is 0.808. The number of aliphatic hydroxyl groups excluding tert-OH is 1. The van der Waals surface area contributed by atoms with Gasteiger partial charge < -0.3 is 5.11 Å². The molecule has 0 aliphatic heterocycles. The largest absolute Gasteiger partial charge is 0.396 e. The van der Waals surface area contributed by atoms with Gasteiger partial charge in [-0.15, -0.1) is 11.8 Å². The number of thioether (sulfide) groups is 1. The predicted molar refractivity (Wildman–Crippen MR) is 53.4 cm³/mol. The Morgan fingerprint density at radius 1 is 1.33 bits per heavy atom. The molecule has 0 spiro atoms. The van der Waals surface area contributed by atoms with Gasteiger partial charge in [0.1, 0.15) is 0 Å². The molecule has 12 heavy (non-hydrogen) atoms. The van der Waals surface area contributed by atoms with Crippen molar-refractivity contribution in [3.63, 3.8) is 0 Å². The summed E-state index contributed by atoms with van der Waals surface area (Å²) in [6.07, 6.45) is 0. The number of benzene rings is 1. The molecule has 66 valence electrons. The second-order valence-corrected chi connectivity index (χ2v) is 4.01. The number of rotatable bonds is 4. The van der Waals surface area contributed by atoms with Gasteiger partial charge in [0.25, 0.3) is 0 Å². The van der Waals surface area contributed by atoms with Crippen LogP contribution in [0.5, 0.6) is 0 Å². The Morgan fingerprint density at radius 3 is 2.58 bits per heavy atom. The molecule has 0 radical (unpaired) electrons. The van der Waals surface area contributed by atoms with Crippen LogP contribution in [0.15, 0.2) is 35.2 Å². The topological polar surface area (TPSA) is 20.2 Å². The highest BCUT2D eigenvalue weighted by Gasteiger charge is 1.99. The number of hydrogen-bond donors (Lipinski definition) is 1. The molecule has 2 heteroatoms. The van der Waals surface area contributed by atoms with Crippen LogP contribution in [-0.4, -0.2) is 17.5 Å². The summed E-state index contributed by atoms with van der Waals surface area (Å²) in [7, 11) is 0. The molecule has 0 unspecified atom stereocenters. The third-order valence-electron chi connectivity index (χ3n) is 1.59. The summed E-state index contributed by atoms with van der Waals surface area (Å²) in [5.74, 6) is 1.37. The smallest absolute Gasteiger partial charge is 0.0464 e. The fraction of sp³-hybridized carbons (Fsp3) is 0.400. The lowest BCUT2D eigenvalue weighted by Crippen LogP contribution is -2.02. The molecule has 0 aliphatic rings. The summed E-state index contributed by atoms with van der Waals surface area (Å²) in [6, 6.07) is 10.3. The van der Waals surface area contributed by atoms with E-state index in [1.807, 2.05) is 18.2 Å². The maximum absolute atomic E-state index is 8.80. The van der Waals surface area contributed by atoms with E-state index in [1.54, 1.807) is 11.8 Å². The predicted octanol–water partition coefficient (Wildman–Crippen LogP) is 2.41. The Labute approximate surface area is 77.8 Å². The molecule has 0 aromatic heterocycles. The first kappa shape index (κ1) is 9.62. The molecular formula is C10H14OS. The fourth-order valence-corrected chi connectivity index (χ4v) is 1.74. The minimum Gasteiger partial charge on any atom is -0.396 e. The van der Waals surface area contributed by atoms with E-state index >= 15 is 0 Å². The molecule has 0 bridgehead atoms. The minimum atomic E-state index is 0.278. The van der Waals surface area contributed by atoms with E-state index in [-0.39, 0.29) is 6.61 Å². The molecule has 0 saturated carbocycles. The van der Waals surface area contributed by atoms with E-state index in [0.29, 0.717) is 5.92 Å². The first-order chi connectivity index (χ1) is 5.83. The minimum absolute atomic E-state index is 0.278. The summed E-state index contributed by atoms with van der Waals surface area (Å²) in [4.78, 5) is 1.28. The first-order valence-corrected chi connectivity index (χ1v) is 5.10. The third-order valence-corrected chi connectivity index (χ3v) is 2.93. The van der Waals surface area contributed by atoms with E-state index in [9.17, 15) is 0 Å². The van der Waals surface area contributed by atoms with Crippen molar-refractivity contribution in [3.05, 3.63) is 30.3 Å². The van der Waals surface area contributed by atoms with E-state index in [0.717, 1.165) is 5.75 Å². The van der Waals surface area contributed by atoms with Crippen molar-refractivity contribution >= 4 is 11.8 Å². The SMILES string of the molecule is C[C@H](CO)CSc1ccccc1. The zero-order valence-corrected chi connectivity index (χ0v) is 8.05. The van der Waals surface area contributed by atoms with Gasteiger partial charge in [-0.2, -0.15) is 0 Å². The summed E-state index contributed by atoms with van der Waals surface area (Å²) in [5, 5.41) is 8.80. The molecule has 0 saturated heterocycles. The lowest BCUT2D eigenvalue weighted by Gasteiger charge is -2.06. The molecule has 1 N–H and O–H groups in total. The second kappa shape index (κ2) is 5.22. The lowest BCUT2D eigenvalue weighted by molar-refractivity contribution is 0.250. The molecule has 1 nitrogen and oxygen atoms in total. The van der Waals surface area contributed by atoms with E-state index < -0.39 is 0 Å². The monoisotopic (exact) mass is 182 g/mol. The number of hydrogen-bond acceptors (Lipinski definition) is 2. The van der Waals surface area contributed by atoms with Crippen LogP contribution in [0, 0.1) is 5.92 Å². The Bertz CT molecular complexity index is 210. The summed E-state index contributed by atoms with van der Waals surface area (Å²) >= 11 is 1.79. The van der Waals surface area contributed by atoms with Gasteiger partial charge in [0, 0.05) is 17.3 Å². The van der Waals surface area contributed by atoms with Gasteiger partial charge in [0.15, 0.2) is 0 Å². The van der Waals surface area contributed by atoms with Crippen LogP contribution in [0.3, 0.4) is 0 Å². The molecule has 0 heterocycles. The molecule has 0 aliphatic carbocycles. The van der Waals surface area contributed by atoms with Crippen LogP contribution in [0.2, 0.25) is 0 Å². The van der Waals surface area contributed by atoms with Crippen LogP contribution in [0.4, 0.5) is 0 Å². The highest BCUT2D eigenvalue weighted by atomic mass is 32.2. The average molecular weight is 182 g/mol. The van der Waals surface area contributed by atoms with Crippen molar-refractivity contribution in [2.75, 3.05) is 12.4 Å². The number of aliphatic hydroxyl groups is 1. The molecule has 0 amide bonds. The van der Waals surface area contributed by atoms with Crippen molar-refractivity contribution < 1.29 is 5.11 Å².